The molecule has 2 rings (SSSR count). The number of carbonyl (C=O) groups excluding carboxylic acids is 1. The molecule has 106 valence electrons. The highest BCUT2D eigenvalue weighted by molar-refractivity contribution is 9.10. The molecule has 0 saturated heterocycles. The van der Waals surface area contributed by atoms with Crippen LogP contribution in [0.2, 0.25) is 0 Å². The molecule has 0 aromatic heterocycles. The largest absolute Gasteiger partial charge is 0.394 e. The summed E-state index contributed by atoms with van der Waals surface area (Å²) >= 11 is 3.20. The molecule has 0 heterocycles. The molecule has 0 spiro atoms. The van der Waals surface area contributed by atoms with Crippen molar-refractivity contribution < 1.29 is 13.6 Å². The third kappa shape index (κ3) is 3.17. The van der Waals surface area contributed by atoms with Crippen LogP contribution in [0.15, 0.2) is 34.8 Å². The van der Waals surface area contributed by atoms with Crippen LogP contribution in [0.4, 0.5) is 20.2 Å². The Morgan fingerprint density at radius 2 is 1.86 bits per heavy atom. The predicted molar refractivity (Wildman–Crippen MR) is 77.6 cm³/mol. The predicted octanol–water partition coefficient (Wildman–Crippen LogP) is 3.43. The molecule has 2 aromatic carbocycles. The van der Waals surface area contributed by atoms with Gasteiger partial charge in [0.1, 0.15) is 23.4 Å². The van der Waals surface area contributed by atoms with Gasteiger partial charge in [-0.05, 0) is 30.3 Å². The van der Waals surface area contributed by atoms with Gasteiger partial charge in [-0.3, -0.25) is 4.79 Å². The Kier molecular flexibility index (Phi) is 4.19. The molecule has 0 radical (unpaired) electrons. The van der Waals surface area contributed by atoms with Crippen LogP contribution in [0.1, 0.15) is 15.9 Å². The van der Waals surface area contributed by atoms with Crippen LogP contribution < -0.4 is 11.1 Å². The number of carbonyl (C=O) groups is 1. The van der Waals surface area contributed by atoms with E-state index in [1.807, 2.05) is 6.07 Å². The van der Waals surface area contributed by atoms with Crippen molar-refractivity contribution in [2.45, 2.75) is 0 Å². The smallest absolute Gasteiger partial charge is 0.255 e. The molecule has 4 nitrogen and oxygen atoms in total. The van der Waals surface area contributed by atoms with Crippen LogP contribution in [0.3, 0.4) is 0 Å². The molecule has 2 aromatic rings. The summed E-state index contributed by atoms with van der Waals surface area (Å²) < 4.78 is 27.3. The zero-order valence-electron chi connectivity index (χ0n) is 10.5. The van der Waals surface area contributed by atoms with E-state index in [1.165, 1.54) is 12.1 Å². The van der Waals surface area contributed by atoms with E-state index in [1.54, 1.807) is 6.07 Å². The molecule has 0 aliphatic rings. The molecule has 0 unspecified atom stereocenters. The Hall–Kier alpha value is -2.46. The molecule has 0 bridgehead atoms. The first kappa shape index (κ1) is 14.9. The van der Waals surface area contributed by atoms with Crippen molar-refractivity contribution in [3.63, 3.8) is 0 Å². The average molecular weight is 352 g/mol. The summed E-state index contributed by atoms with van der Waals surface area (Å²) in [5.74, 6) is -2.78. The second-order valence-corrected chi connectivity index (χ2v) is 5.03. The van der Waals surface area contributed by atoms with Gasteiger partial charge in [0.2, 0.25) is 0 Å². The van der Waals surface area contributed by atoms with Crippen LogP contribution in [-0.2, 0) is 0 Å². The van der Waals surface area contributed by atoms with Gasteiger partial charge in [-0.1, -0.05) is 15.9 Å². The number of nitriles is 1. The lowest BCUT2D eigenvalue weighted by molar-refractivity contribution is 0.102. The third-order valence-corrected chi connectivity index (χ3v) is 3.18. The second kappa shape index (κ2) is 5.89. The number of halogens is 3. The molecule has 0 aliphatic heterocycles. The first-order chi connectivity index (χ1) is 9.92. The number of nitrogens with one attached hydrogen (secondary N) is 1. The molecular weight excluding hydrogens is 344 g/mol. The van der Waals surface area contributed by atoms with E-state index >= 15 is 0 Å². The number of rotatable bonds is 2. The van der Waals surface area contributed by atoms with Crippen LogP contribution in [0.25, 0.3) is 0 Å². The number of nitrogens with zero attached hydrogens (tertiary/aromatic N) is 1. The highest BCUT2D eigenvalue weighted by Crippen LogP contribution is 2.22. The standard InChI is InChI=1S/C14H8BrF2N3O/c15-9-1-2-12(8(3-9)6-18)20-14(21)7-4-10(16)13(19)11(17)5-7/h1-5H,19H2,(H,20,21). The average Bonchev–Trinajstić information content (AvgIpc) is 2.45. The zero-order chi connectivity index (χ0) is 15.6. The number of nitrogens with two attached hydrogens (primary N) is 1. The van der Waals surface area contributed by atoms with Gasteiger partial charge in [0.15, 0.2) is 0 Å². The molecule has 0 aliphatic carbocycles. The summed E-state index contributed by atoms with van der Waals surface area (Å²) in [5, 5.41) is 11.4. The van der Waals surface area contributed by atoms with Gasteiger partial charge in [0.25, 0.3) is 5.91 Å². The summed E-state index contributed by atoms with van der Waals surface area (Å²) in [7, 11) is 0. The first-order valence-electron chi connectivity index (χ1n) is 5.68. The van der Waals surface area contributed by atoms with Gasteiger partial charge < -0.3 is 11.1 Å². The van der Waals surface area contributed by atoms with Crippen molar-refractivity contribution >= 4 is 33.2 Å². The van der Waals surface area contributed by atoms with Crippen LogP contribution in [-0.4, -0.2) is 5.91 Å². The lowest BCUT2D eigenvalue weighted by atomic mass is 10.1. The zero-order valence-corrected chi connectivity index (χ0v) is 12.0. The molecule has 0 atom stereocenters. The number of hydrogen-bond acceptors (Lipinski definition) is 3. The van der Waals surface area contributed by atoms with E-state index in [-0.39, 0.29) is 16.8 Å². The molecular formula is C14H8BrF2N3O. The summed E-state index contributed by atoms with van der Waals surface area (Å²) in [6.45, 7) is 0. The maximum absolute atomic E-state index is 13.3. The number of amides is 1. The van der Waals surface area contributed by atoms with Gasteiger partial charge in [-0.2, -0.15) is 5.26 Å². The Morgan fingerprint density at radius 1 is 1.24 bits per heavy atom. The Bertz CT molecular complexity index is 748. The highest BCUT2D eigenvalue weighted by atomic mass is 79.9. The number of hydrogen-bond donors (Lipinski definition) is 2. The van der Waals surface area contributed by atoms with Gasteiger partial charge in [0.05, 0.1) is 11.3 Å². The minimum absolute atomic E-state index is 0.217. The fourth-order valence-electron chi connectivity index (χ4n) is 1.63. The van der Waals surface area contributed by atoms with Crippen molar-refractivity contribution in [2.24, 2.45) is 0 Å². The Balaban J connectivity index is 2.33. The quantitative estimate of drug-likeness (QED) is 0.813. The van der Waals surface area contributed by atoms with Gasteiger partial charge in [-0.15, -0.1) is 0 Å². The number of benzene rings is 2. The van der Waals surface area contributed by atoms with E-state index in [0.29, 0.717) is 4.47 Å². The lowest BCUT2D eigenvalue weighted by Gasteiger charge is -2.08. The minimum Gasteiger partial charge on any atom is -0.394 e. The second-order valence-electron chi connectivity index (χ2n) is 4.11. The van der Waals surface area contributed by atoms with Crippen LogP contribution in [0.5, 0.6) is 0 Å². The van der Waals surface area contributed by atoms with Crippen LogP contribution in [0, 0.1) is 23.0 Å². The lowest BCUT2D eigenvalue weighted by Crippen LogP contribution is -2.14. The van der Waals surface area contributed by atoms with E-state index in [2.05, 4.69) is 21.2 Å². The molecule has 21 heavy (non-hydrogen) atoms. The monoisotopic (exact) mass is 351 g/mol. The summed E-state index contributed by atoms with van der Waals surface area (Å²) in [5.41, 5.74) is 4.72. The van der Waals surface area contributed by atoms with Crippen molar-refractivity contribution in [1.82, 2.24) is 0 Å². The minimum atomic E-state index is -1.02. The van der Waals surface area contributed by atoms with Crippen molar-refractivity contribution in [3.05, 3.63) is 57.6 Å². The topological polar surface area (TPSA) is 78.9 Å². The van der Waals surface area contributed by atoms with Gasteiger partial charge in [0, 0.05) is 10.0 Å². The van der Waals surface area contributed by atoms with Crippen molar-refractivity contribution in [2.75, 3.05) is 11.1 Å². The van der Waals surface area contributed by atoms with E-state index in [9.17, 15) is 13.6 Å². The SMILES string of the molecule is N#Cc1cc(Br)ccc1NC(=O)c1cc(F)c(N)c(F)c1. The molecule has 0 saturated carbocycles. The summed E-state index contributed by atoms with van der Waals surface area (Å²) in [6.07, 6.45) is 0. The van der Waals surface area contributed by atoms with E-state index in [4.69, 9.17) is 11.0 Å². The van der Waals surface area contributed by atoms with Gasteiger partial charge in [-0.25, -0.2) is 8.78 Å². The third-order valence-electron chi connectivity index (χ3n) is 2.69. The van der Waals surface area contributed by atoms with Crippen LogP contribution >= 0.6 is 15.9 Å². The normalized spacial score (nSPS) is 10.0. The highest BCUT2D eigenvalue weighted by Gasteiger charge is 2.14. The van der Waals surface area contributed by atoms with Crippen molar-refractivity contribution in [3.8, 4) is 6.07 Å². The number of anilines is 2. The summed E-state index contributed by atoms with van der Waals surface area (Å²) in [4.78, 5) is 12.0. The van der Waals surface area contributed by atoms with E-state index < -0.39 is 23.2 Å². The number of nitrogen functional groups attached to an aromatic ring is 1. The molecule has 1 amide bonds. The maximum atomic E-state index is 13.3. The summed E-state index contributed by atoms with van der Waals surface area (Å²) in [6, 6.07) is 8.22. The first-order valence-corrected chi connectivity index (χ1v) is 6.47. The van der Waals surface area contributed by atoms with Gasteiger partial charge >= 0.3 is 0 Å². The Morgan fingerprint density at radius 3 is 2.43 bits per heavy atom. The fourth-order valence-corrected chi connectivity index (χ4v) is 1.99. The molecule has 7 heteroatoms. The van der Waals surface area contributed by atoms with E-state index in [0.717, 1.165) is 12.1 Å². The fraction of sp³-hybridized carbons (Fsp3) is 0. The van der Waals surface area contributed by atoms with Crippen molar-refractivity contribution in [1.29, 1.82) is 5.26 Å². The molecule has 3 N–H and O–H groups in total. The Labute approximate surface area is 127 Å². The molecule has 0 fully saturated rings. The maximum Gasteiger partial charge on any atom is 0.255 e.